The van der Waals surface area contributed by atoms with Crippen LogP contribution in [0.1, 0.15) is 52.3 Å². The van der Waals surface area contributed by atoms with E-state index in [0.717, 1.165) is 10.9 Å². The van der Waals surface area contributed by atoms with Crippen molar-refractivity contribution in [1.82, 2.24) is 0 Å². The molecule has 1 aromatic heterocycles. The van der Waals surface area contributed by atoms with Crippen molar-refractivity contribution in [3.8, 4) is 0 Å². The molecule has 8 heteroatoms. The molecule has 6 nitrogen and oxygen atoms in total. The maximum Gasteiger partial charge on any atom is 0.341 e. The number of benzene rings is 1. The van der Waals surface area contributed by atoms with E-state index >= 15 is 0 Å². The number of amides is 1. The van der Waals surface area contributed by atoms with Crippen molar-refractivity contribution in [1.29, 1.82) is 0 Å². The summed E-state index contributed by atoms with van der Waals surface area (Å²) >= 11 is 1.25. The number of halogens is 1. The second-order valence-electron chi connectivity index (χ2n) is 5.87. The summed E-state index contributed by atoms with van der Waals surface area (Å²) in [5.41, 5.74) is -0.00457. The number of hydrogen-bond donors (Lipinski definition) is 1. The molecule has 1 N–H and O–H groups in total. The van der Waals surface area contributed by atoms with Gasteiger partial charge in [0.15, 0.2) is 6.61 Å². The Hall–Kier alpha value is -2.74. The Morgan fingerprint density at radius 2 is 1.78 bits per heavy atom. The molecule has 1 aromatic carbocycles. The average molecular weight is 393 g/mol. The van der Waals surface area contributed by atoms with Crippen LogP contribution < -0.4 is 5.32 Å². The standard InChI is InChI=1S/C19H20FNO5S/c1-4-25-19(24)13-9-15(11(2)3)27-17(13)21-16(22)10-26-18(23)12-7-5-6-8-14(12)20/h5-9,11H,4,10H2,1-3H3,(H,21,22). The second kappa shape index (κ2) is 9.27. The van der Waals surface area contributed by atoms with E-state index in [0.29, 0.717) is 5.00 Å². The molecule has 1 amide bonds. The molecule has 0 spiro atoms. The van der Waals surface area contributed by atoms with Crippen molar-refractivity contribution in [3.05, 3.63) is 52.2 Å². The molecule has 0 fully saturated rings. The summed E-state index contributed by atoms with van der Waals surface area (Å²) in [6, 6.07) is 7.00. The Labute approximate surface area is 160 Å². The SMILES string of the molecule is CCOC(=O)c1cc(C(C)C)sc1NC(=O)COC(=O)c1ccccc1F. The van der Waals surface area contributed by atoms with E-state index in [1.165, 1.54) is 29.5 Å². The quantitative estimate of drug-likeness (QED) is 0.720. The van der Waals surface area contributed by atoms with E-state index in [9.17, 15) is 18.8 Å². The highest BCUT2D eigenvalue weighted by Gasteiger charge is 2.21. The van der Waals surface area contributed by atoms with Gasteiger partial charge in [-0.15, -0.1) is 11.3 Å². The van der Waals surface area contributed by atoms with Gasteiger partial charge in [0.05, 0.1) is 17.7 Å². The summed E-state index contributed by atoms with van der Waals surface area (Å²) in [7, 11) is 0. The number of carbonyl (C=O) groups excluding carboxylic acids is 3. The molecule has 0 aliphatic heterocycles. The van der Waals surface area contributed by atoms with Gasteiger partial charge in [0, 0.05) is 4.88 Å². The third-order valence-corrected chi connectivity index (χ3v) is 4.85. The van der Waals surface area contributed by atoms with Crippen LogP contribution in [0.5, 0.6) is 0 Å². The maximum atomic E-state index is 13.6. The first-order valence-electron chi connectivity index (χ1n) is 8.35. The minimum atomic E-state index is -0.942. The molecule has 0 saturated carbocycles. The Kier molecular flexibility index (Phi) is 7.06. The normalized spacial score (nSPS) is 10.6. The molecule has 0 radical (unpaired) electrons. The summed E-state index contributed by atoms with van der Waals surface area (Å²) in [5, 5.41) is 2.88. The smallest absolute Gasteiger partial charge is 0.341 e. The molecular formula is C19H20FNO5S. The maximum absolute atomic E-state index is 13.6. The van der Waals surface area contributed by atoms with Crippen molar-refractivity contribution >= 4 is 34.2 Å². The van der Waals surface area contributed by atoms with Crippen LogP contribution in [-0.2, 0) is 14.3 Å². The van der Waals surface area contributed by atoms with Gasteiger partial charge in [-0.05, 0) is 31.0 Å². The summed E-state index contributed by atoms with van der Waals surface area (Å²) in [6.45, 7) is 5.21. The molecule has 0 aliphatic carbocycles. The molecule has 0 aliphatic rings. The van der Waals surface area contributed by atoms with Gasteiger partial charge >= 0.3 is 11.9 Å². The molecule has 0 bridgehead atoms. The number of anilines is 1. The topological polar surface area (TPSA) is 81.7 Å². The Morgan fingerprint density at radius 3 is 2.41 bits per heavy atom. The summed E-state index contributed by atoms with van der Waals surface area (Å²) in [6.07, 6.45) is 0. The number of hydrogen-bond acceptors (Lipinski definition) is 6. The molecule has 144 valence electrons. The van der Waals surface area contributed by atoms with Crippen LogP contribution in [0.2, 0.25) is 0 Å². The lowest BCUT2D eigenvalue weighted by Crippen LogP contribution is -2.22. The van der Waals surface area contributed by atoms with Crippen LogP contribution in [0.3, 0.4) is 0 Å². The molecule has 2 aromatic rings. The summed E-state index contributed by atoms with van der Waals surface area (Å²) < 4.78 is 23.4. The van der Waals surface area contributed by atoms with Crippen LogP contribution in [0.15, 0.2) is 30.3 Å². The van der Waals surface area contributed by atoms with Crippen molar-refractivity contribution in [2.75, 3.05) is 18.5 Å². The van der Waals surface area contributed by atoms with Gasteiger partial charge in [-0.25, -0.2) is 14.0 Å². The van der Waals surface area contributed by atoms with Crippen LogP contribution in [-0.4, -0.2) is 31.1 Å². The van der Waals surface area contributed by atoms with Crippen LogP contribution in [0.4, 0.5) is 9.39 Å². The first-order chi connectivity index (χ1) is 12.8. The highest BCUT2D eigenvalue weighted by atomic mass is 32.1. The summed E-state index contributed by atoms with van der Waals surface area (Å²) in [5.74, 6) is -2.69. The van der Waals surface area contributed by atoms with Crippen LogP contribution >= 0.6 is 11.3 Å². The minimum absolute atomic E-state index is 0.160. The van der Waals surface area contributed by atoms with Gasteiger partial charge in [0.1, 0.15) is 10.8 Å². The minimum Gasteiger partial charge on any atom is -0.462 e. The van der Waals surface area contributed by atoms with Crippen molar-refractivity contribution in [2.45, 2.75) is 26.7 Å². The number of ether oxygens (including phenoxy) is 2. The zero-order chi connectivity index (χ0) is 20.0. The van der Waals surface area contributed by atoms with Crippen molar-refractivity contribution in [3.63, 3.8) is 0 Å². The predicted octanol–water partition coefficient (Wildman–Crippen LogP) is 3.98. The van der Waals surface area contributed by atoms with E-state index in [1.54, 1.807) is 13.0 Å². The average Bonchev–Trinajstić information content (AvgIpc) is 3.04. The fraction of sp³-hybridized carbons (Fsp3) is 0.316. The largest absolute Gasteiger partial charge is 0.462 e. The third-order valence-electron chi connectivity index (χ3n) is 3.50. The van der Waals surface area contributed by atoms with Gasteiger partial charge in [-0.2, -0.15) is 0 Å². The molecule has 0 atom stereocenters. The second-order valence-corrected chi connectivity index (χ2v) is 6.95. The molecular weight excluding hydrogens is 373 g/mol. The Morgan fingerprint density at radius 1 is 1.11 bits per heavy atom. The van der Waals surface area contributed by atoms with E-state index in [-0.39, 0.29) is 23.7 Å². The van der Waals surface area contributed by atoms with Crippen molar-refractivity contribution < 1.29 is 28.2 Å². The number of thiophene rings is 1. The van der Waals surface area contributed by atoms with E-state index in [1.807, 2.05) is 13.8 Å². The van der Waals surface area contributed by atoms with Gasteiger partial charge < -0.3 is 14.8 Å². The monoisotopic (exact) mass is 393 g/mol. The molecule has 0 unspecified atom stereocenters. The fourth-order valence-electron chi connectivity index (χ4n) is 2.15. The Balaban J connectivity index is 2.05. The van der Waals surface area contributed by atoms with Gasteiger partial charge in [0.25, 0.3) is 5.91 Å². The molecule has 2 rings (SSSR count). The van der Waals surface area contributed by atoms with Gasteiger partial charge in [0.2, 0.25) is 0 Å². The molecule has 1 heterocycles. The van der Waals surface area contributed by atoms with Crippen LogP contribution in [0.25, 0.3) is 0 Å². The molecule has 0 saturated heterocycles. The lowest BCUT2D eigenvalue weighted by molar-refractivity contribution is -0.119. The van der Waals surface area contributed by atoms with E-state index in [2.05, 4.69) is 5.32 Å². The highest BCUT2D eigenvalue weighted by molar-refractivity contribution is 7.16. The van der Waals surface area contributed by atoms with Crippen molar-refractivity contribution in [2.24, 2.45) is 0 Å². The Bertz CT molecular complexity index is 846. The zero-order valence-corrected chi connectivity index (χ0v) is 16.0. The first-order valence-corrected chi connectivity index (χ1v) is 9.17. The molecule has 27 heavy (non-hydrogen) atoms. The number of nitrogens with one attached hydrogen (secondary N) is 1. The number of esters is 2. The van der Waals surface area contributed by atoms with E-state index in [4.69, 9.17) is 9.47 Å². The lowest BCUT2D eigenvalue weighted by Gasteiger charge is -2.07. The lowest BCUT2D eigenvalue weighted by atomic mass is 10.1. The predicted molar refractivity (Wildman–Crippen MR) is 99.7 cm³/mol. The van der Waals surface area contributed by atoms with Crippen LogP contribution in [0, 0.1) is 5.82 Å². The fourth-order valence-corrected chi connectivity index (χ4v) is 3.21. The third kappa shape index (κ3) is 5.37. The summed E-state index contributed by atoms with van der Waals surface area (Å²) in [4.78, 5) is 37.0. The zero-order valence-electron chi connectivity index (χ0n) is 15.2. The first kappa shape index (κ1) is 20.6. The number of rotatable bonds is 7. The van der Waals surface area contributed by atoms with Gasteiger partial charge in [-0.1, -0.05) is 26.0 Å². The van der Waals surface area contributed by atoms with E-state index < -0.39 is 30.3 Å². The highest BCUT2D eigenvalue weighted by Crippen LogP contribution is 2.33. The number of carbonyl (C=O) groups is 3. The van der Waals surface area contributed by atoms with Gasteiger partial charge in [-0.3, -0.25) is 4.79 Å².